The van der Waals surface area contributed by atoms with Gasteiger partial charge >= 0.3 is 0 Å². The molecule has 0 bridgehead atoms. The zero-order chi connectivity index (χ0) is 22.2. The molecule has 0 saturated carbocycles. The van der Waals surface area contributed by atoms with E-state index in [0.717, 1.165) is 38.2 Å². The van der Waals surface area contributed by atoms with Gasteiger partial charge in [-0.05, 0) is 68.7 Å². The molecule has 166 valence electrons. The van der Waals surface area contributed by atoms with Crippen molar-refractivity contribution in [1.29, 1.82) is 0 Å². The SMILES string of the molecule is CC(C)=CCN(c1ccc(OCc2ccccc2)cc1)C1CCN(c2ccccc2)CC1. The van der Waals surface area contributed by atoms with Crippen molar-refractivity contribution in [3.63, 3.8) is 0 Å². The maximum Gasteiger partial charge on any atom is 0.119 e. The van der Waals surface area contributed by atoms with Crippen LogP contribution in [-0.2, 0) is 6.61 Å². The molecule has 1 saturated heterocycles. The Morgan fingerprint density at radius 1 is 0.875 bits per heavy atom. The van der Waals surface area contributed by atoms with Crippen LogP contribution in [0.4, 0.5) is 11.4 Å². The van der Waals surface area contributed by atoms with Crippen molar-refractivity contribution in [2.45, 2.75) is 39.3 Å². The largest absolute Gasteiger partial charge is 0.489 e. The number of hydrogen-bond acceptors (Lipinski definition) is 3. The summed E-state index contributed by atoms with van der Waals surface area (Å²) in [5, 5.41) is 0. The summed E-state index contributed by atoms with van der Waals surface area (Å²) in [4.78, 5) is 5.08. The van der Waals surface area contributed by atoms with Crippen LogP contribution in [0.15, 0.2) is 96.6 Å². The Kier molecular flexibility index (Phi) is 7.50. The molecule has 0 spiro atoms. The number of nitrogens with zero attached hydrogens (tertiary/aromatic N) is 2. The fourth-order valence-corrected chi connectivity index (χ4v) is 4.30. The third-order valence-corrected chi connectivity index (χ3v) is 6.14. The number of allylic oxidation sites excluding steroid dienone is 1. The van der Waals surface area contributed by atoms with Gasteiger partial charge in [0.05, 0.1) is 0 Å². The Labute approximate surface area is 192 Å². The first-order valence-electron chi connectivity index (χ1n) is 11.7. The molecule has 1 aliphatic heterocycles. The highest BCUT2D eigenvalue weighted by atomic mass is 16.5. The molecule has 32 heavy (non-hydrogen) atoms. The molecule has 4 rings (SSSR count). The van der Waals surface area contributed by atoms with Crippen molar-refractivity contribution in [3.8, 4) is 5.75 Å². The third kappa shape index (κ3) is 5.94. The molecule has 1 aliphatic rings. The summed E-state index contributed by atoms with van der Waals surface area (Å²) < 4.78 is 6.00. The molecule has 0 aromatic heterocycles. The Balaban J connectivity index is 1.41. The highest BCUT2D eigenvalue weighted by Gasteiger charge is 2.24. The van der Waals surface area contributed by atoms with Crippen LogP contribution in [0.2, 0.25) is 0 Å². The number of rotatable bonds is 8. The lowest BCUT2D eigenvalue weighted by Crippen LogP contribution is -2.45. The number of anilines is 2. The van der Waals surface area contributed by atoms with Gasteiger partial charge in [-0.3, -0.25) is 0 Å². The highest BCUT2D eigenvalue weighted by Crippen LogP contribution is 2.28. The number of ether oxygens (including phenoxy) is 1. The second-order valence-electron chi connectivity index (χ2n) is 8.76. The van der Waals surface area contributed by atoms with Crippen LogP contribution in [0.25, 0.3) is 0 Å². The van der Waals surface area contributed by atoms with Gasteiger partial charge in [0.1, 0.15) is 12.4 Å². The molecule has 3 aromatic rings. The lowest BCUT2D eigenvalue weighted by Gasteiger charge is -2.40. The molecule has 3 nitrogen and oxygen atoms in total. The van der Waals surface area contributed by atoms with Crippen molar-refractivity contribution in [3.05, 3.63) is 102 Å². The van der Waals surface area contributed by atoms with Gasteiger partial charge in [-0.25, -0.2) is 0 Å². The maximum absolute atomic E-state index is 6.00. The predicted octanol–water partition coefficient (Wildman–Crippen LogP) is 6.71. The molecular weight excluding hydrogens is 392 g/mol. The Morgan fingerprint density at radius 2 is 1.50 bits per heavy atom. The van der Waals surface area contributed by atoms with Crippen LogP contribution in [-0.4, -0.2) is 25.7 Å². The fraction of sp³-hybridized carbons (Fsp3) is 0.310. The molecule has 3 aromatic carbocycles. The van der Waals surface area contributed by atoms with Crippen molar-refractivity contribution < 1.29 is 4.74 Å². The molecular formula is C29H34N2O. The topological polar surface area (TPSA) is 15.7 Å². The minimum atomic E-state index is 0.543. The molecule has 0 radical (unpaired) electrons. The second-order valence-corrected chi connectivity index (χ2v) is 8.76. The summed E-state index contributed by atoms with van der Waals surface area (Å²) in [6, 6.07) is 30.3. The number of hydrogen-bond donors (Lipinski definition) is 0. The van der Waals surface area contributed by atoms with Crippen LogP contribution < -0.4 is 14.5 Å². The summed E-state index contributed by atoms with van der Waals surface area (Å²) in [5.74, 6) is 0.915. The second kappa shape index (κ2) is 10.9. The summed E-state index contributed by atoms with van der Waals surface area (Å²) in [7, 11) is 0. The molecule has 0 amide bonds. The molecule has 1 heterocycles. The molecule has 0 unspecified atom stereocenters. The van der Waals surface area contributed by atoms with E-state index in [1.54, 1.807) is 0 Å². The Morgan fingerprint density at radius 3 is 2.12 bits per heavy atom. The molecule has 1 fully saturated rings. The minimum absolute atomic E-state index is 0.543. The zero-order valence-corrected chi connectivity index (χ0v) is 19.3. The Bertz CT molecular complexity index is 971. The first-order chi connectivity index (χ1) is 15.7. The molecule has 0 aliphatic carbocycles. The lowest BCUT2D eigenvalue weighted by molar-refractivity contribution is 0.306. The summed E-state index contributed by atoms with van der Waals surface area (Å²) >= 11 is 0. The summed E-state index contributed by atoms with van der Waals surface area (Å²) in [6.45, 7) is 8.09. The normalized spacial score (nSPS) is 14.1. The Hall–Kier alpha value is -3.20. The van der Waals surface area contributed by atoms with Gasteiger partial charge in [-0.15, -0.1) is 0 Å². The predicted molar refractivity (Wildman–Crippen MR) is 136 cm³/mol. The van der Waals surface area contributed by atoms with Crippen LogP contribution in [0, 0.1) is 0 Å². The number of benzene rings is 3. The fourth-order valence-electron chi connectivity index (χ4n) is 4.30. The van der Waals surface area contributed by atoms with E-state index in [4.69, 9.17) is 4.74 Å². The van der Waals surface area contributed by atoms with Gasteiger partial charge in [-0.1, -0.05) is 60.2 Å². The van der Waals surface area contributed by atoms with Crippen molar-refractivity contribution in [2.24, 2.45) is 0 Å². The van der Waals surface area contributed by atoms with Gasteiger partial charge < -0.3 is 14.5 Å². The lowest BCUT2D eigenvalue weighted by atomic mass is 10.0. The molecule has 3 heteroatoms. The van der Waals surface area contributed by atoms with Gasteiger partial charge in [0.2, 0.25) is 0 Å². The van der Waals surface area contributed by atoms with Crippen LogP contribution >= 0.6 is 0 Å². The number of piperidine rings is 1. The van der Waals surface area contributed by atoms with E-state index in [0.29, 0.717) is 12.6 Å². The van der Waals surface area contributed by atoms with Gasteiger partial charge in [0, 0.05) is 37.1 Å². The first-order valence-corrected chi connectivity index (χ1v) is 11.7. The minimum Gasteiger partial charge on any atom is -0.489 e. The molecule has 0 N–H and O–H groups in total. The van der Waals surface area contributed by atoms with Crippen molar-refractivity contribution in [1.82, 2.24) is 0 Å². The monoisotopic (exact) mass is 426 g/mol. The average Bonchev–Trinajstić information content (AvgIpc) is 2.85. The van der Waals surface area contributed by atoms with Crippen LogP contribution in [0.1, 0.15) is 32.3 Å². The van der Waals surface area contributed by atoms with Gasteiger partial charge in [0.15, 0.2) is 0 Å². The van der Waals surface area contributed by atoms with Crippen molar-refractivity contribution >= 4 is 11.4 Å². The van der Waals surface area contributed by atoms with Crippen molar-refractivity contribution in [2.75, 3.05) is 29.4 Å². The number of para-hydroxylation sites is 1. The molecule has 0 atom stereocenters. The van der Waals surface area contributed by atoms with E-state index < -0.39 is 0 Å². The van der Waals surface area contributed by atoms with E-state index in [-0.39, 0.29) is 0 Å². The van der Waals surface area contributed by atoms with Crippen LogP contribution in [0.5, 0.6) is 5.75 Å². The standard InChI is InChI=1S/C29H34N2O/c1-24(2)17-22-31(28-18-20-30(21-19-28)26-11-7-4-8-12-26)27-13-15-29(16-14-27)32-23-25-9-5-3-6-10-25/h3-17,28H,18-23H2,1-2H3. The van der Waals surface area contributed by atoms with Crippen LogP contribution in [0.3, 0.4) is 0 Å². The van der Waals surface area contributed by atoms with E-state index in [1.807, 2.05) is 18.2 Å². The summed E-state index contributed by atoms with van der Waals surface area (Å²) in [5.41, 5.74) is 5.15. The summed E-state index contributed by atoms with van der Waals surface area (Å²) in [6.07, 6.45) is 4.67. The third-order valence-electron chi connectivity index (χ3n) is 6.14. The quantitative estimate of drug-likeness (QED) is 0.372. The highest BCUT2D eigenvalue weighted by molar-refractivity contribution is 5.52. The van der Waals surface area contributed by atoms with Gasteiger partial charge in [-0.2, -0.15) is 0 Å². The van der Waals surface area contributed by atoms with E-state index >= 15 is 0 Å². The van der Waals surface area contributed by atoms with E-state index in [1.165, 1.54) is 22.5 Å². The van der Waals surface area contributed by atoms with Gasteiger partial charge in [0.25, 0.3) is 0 Å². The van der Waals surface area contributed by atoms with E-state index in [2.05, 4.69) is 96.5 Å². The smallest absolute Gasteiger partial charge is 0.119 e. The van der Waals surface area contributed by atoms with E-state index in [9.17, 15) is 0 Å². The first kappa shape index (κ1) is 22.0. The average molecular weight is 427 g/mol. The zero-order valence-electron chi connectivity index (χ0n) is 19.3. The maximum atomic E-state index is 6.00.